The first-order valence-electron chi connectivity index (χ1n) is 5.33. The van der Waals surface area contributed by atoms with Crippen molar-refractivity contribution >= 4 is 30.3 Å². The van der Waals surface area contributed by atoms with Crippen molar-refractivity contribution in [1.82, 2.24) is 5.32 Å². The van der Waals surface area contributed by atoms with E-state index in [1.165, 1.54) is 12.1 Å². The van der Waals surface area contributed by atoms with E-state index >= 15 is 0 Å². The summed E-state index contributed by atoms with van der Waals surface area (Å²) in [6, 6.07) is 4.73. The second-order valence-electron chi connectivity index (χ2n) is 3.59. The number of carboxylic acid groups (broad SMARTS) is 1. The maximum atomic E-state index is 11.9. The van der Waals surface area contributed by atoms with Crippen molar-refractivity contribution in [3.8, 4) is 0 Å². The summed E-state index contributed by atoms with van der Waals surface area (Å²) in [6.07, 6.45) is 0.133. The van der Waals surface area contributed by atoms with Crippen LogP contribution >= 0.6 is 0 Å². The Morgan fingerprint density at radius 1 is 1.21 bits per heavy atom. The molecule has 0 fully saturated rings. The zero-order valence-electron chi connectivity index (χ0n) is 9.79. The minimum absolute atomic E-state index is 0.161. The van der Waals surface area contributed by atoms with Crippen LogP contribution < -0.4 is 15.7 Å². The van der Waals surface area contributed by atoms with Gasteiger partial charge in [0.15, 0.2) is 5.78 Å². The van der Waals surface area contributed by atoms with Crippen molar-refractivity contribution in [2.45, 2.75) is 12.5 Å². The van der Waals surface area contributed by atoms with Crippen molar-refractivity contribution in [2.75, 3.05) is 5.32 Å². The Bertz CT molecular complexity index is 501. The number of benzene rings is 1. The Kier molecular flexibility index (Phi) is 5.21. The number of nitrogens with one attached hydrogen (secondary N) is 2. The van der Waals surface area contributed by atoms with Gasteiger partial charge in [0.25, 0.3) is 0 Å². The number of hydrogen-bond donors (Lipinski definition) is 2. The lowest BCUT2D eigenvalue weighted by atomic mass is 10.0. The SMILES string of the molecule is O=CNc1ccccc1C(=O)CC(NC=O)C(=O)[O-]. The smallest absolute Gasteiger partial charge is 0.211 e. The molecule has 1 aromatic rings. The summed E-state index contributed by atoms with van der Waals surface area (Å²) in [7, 11) is 0. The standard InChI is InChI=1S/C12H12N2O5/c15-6-13-9-4-2-1-3-8(9)11(17)5-10(12(18)19)14-7-16/h1-4,6-7,10H,5H2,(H,13,15)(H,14,16)(H,18,19)/p-1. The summed E-state index contributed by atoms with van der Waals surface area (Å²) in [4.78, 5) is 43.3. The molecule has 0 aliphatic carbocycles. The summed E-state index contributed by atoms with van der Waals surface area (Å²) in [5, 5.41) is 15.0. The summed E-state index contributed by atoms with van der Waals surface area (Å²) in [6.45, 7) is 0. The molecule has 0 saturated carbocycles. The molecule has 0 spiro atoms. The molecule has 0 heterocycles. The lowest BCUT2D eigenvalue weighted by Gasteiger charge is -2.16. The molecule has 0 bridgehead atoms. The summed E-state index contributed by atoms with van der Waals surface area (Å²) in [5.41, 5.74) is 0.430. The highest BCUT2D eigenvalue weighted by Gasteiger charge is 2.17. The highest BCUT2D eigenvalue weighted by molar-refractivity contribution is 6.04. The normalized spacial score (nSPS) is 11.2. The lowest BCUT2D eigenvalue weighted by Crippen LogP contribution is -2.46. The minimum atomic E-state index is -1.55. The van der Waals surface area contributed by atoms with E-state index < -0.39 is 24.2 Å². The van der Waals surface area contributed by atoms with Crippen molar-refractivity contribution in [1.29, 1.82) is 0 Å². The van der Waals surface area contributed by atoms with Crippen molar-refractivity contribution in [2.24, 2.45) is 0 Å². The maximum Gasteiger partial charge on any atom is 0.211 e. The topological polar surface area (TPSA) is 115 Å². The van der Waals surface area contributed by atoms with Crippen LogP contribution in [0.3, 0.4) is 0 Å². The third-order valence-corrected chi connectivity index (χ3v) is 2.39. The van der Waals surface area contributed by atoms with Gasteiger partial charge in [-0.2, -0.15) is 0 Å². The monoisotopic (exact) mass is 263 g/mol. The average Bonchev–Trinajstić information content (AvgIpc) is 2.39. The Morgan fingerprint density at radius 3 is 2.47 bits per heavy atom. The first-order valence-corrected chi connectivity index (χ1v) is 5.33. The zero-order chi connectivity index (χ0) is 14.3. The highest BCUT2D eigenvalue weighted by atomic mass is 16.4. The van der Waals surface area contributed by atoms with Gasteiger partial charge < -0.3 is 20.5 Å². The number of carbonyl (C=O) groups excluding carboxylic acids is 4. The van der Waals surface area contributed by atoms with Crippen LogP contribution in [0.15, 0.2) is 24.3 Å². The molecule has 0 aromatic heterocycles. The third-order valence-electron chi connectivity index (χ3n) is 2.39. The largest absolute Gasteiger partial charge is 0.548 e. The van der Waals surface area contributed by atoms with E-state index in [0.29, 0.717) is 6.41 Å². The predicted octanol–water partition coefficient (Wildman–Crippen LogP) is -1.31. The van der Waals surface area contributed by atoms with Crippen LogP contribution in [0.1, 0.15) is 16.8 Å². The highest BCUT2D eigenvalue weighted by Crippen LogP contribution is 2.16. The van der Waals surface area contributed by atoms with E-state index in [-0.39, 0.29) is 17.7 Å². The summed E-state index contributed by atoms with van der Waals surface area (Å²) in [5.74, 6) is -2.09. The summed E-state index contributed by atoms with van der Waals surface area (Å²) < 4.78 is 0. The van der Waals surface area contributed by atoms with Gasteiger partial charge in [0, 0.05) is 12.0 Å². The fourth-order valence-corrected chi connectivity index (χ4v) is 1.50. The van der Waals surface area contributed by atoms with Crippen molar-refractivity contribution in [3.63, 3.8) is 0 Å². The van der Waals surface area contributed by atoms with Gasteiger partial charge in [-0.3, -0.25) is 14.4 Å². The number of amides is 2. The Labute approximate surface area is 108 Å². The summed E-state index contributed by atoms with van der Waals surface area (Å²) >= 11 is 0. The van der Waals surface area contributed by atoms with E-state index in [1.807, 2.05) is 5.32 Å². The molecular formula is C12H11N2O5-. The quantitative estimate of drug-likeness (QED) is 0.446. The Hall–Kier alpha value is -2.70. The lowest BCUT2D eigenvalue weighted by molar-refractivity contribution is -0.308. The molecule has 2 amide bonds. The van der Waals surface area contributed by atoms with E-state index in [9.17, 15) is 24.3 Å². The van der Waals surface area contributed by atoms with Gasteiger partial charge >= 0.3 is 0 Å². The van der Waals surface area contributed by atoms with Crippen LogP contribution in [0.25, 0.3) is 0 Å². The number of carbonyl (C=O) groups is 4. The van der Waals surface area contributed by atoms with Crippen LogP contribution in [-0.4, -0.2) is 30.6 Å². The molecule has 1 atom stereocenters. The fraction of sp³-hybridized carbons (Fsp3) is 0.167. The first-order chi connectivity index (χ1) is 9.10. The Balaban J connectivity index is 2.90. The molecule has 0 aliphatic rings. The molecule has 1 aromatic carbocycles. The van der Waals surface area contributed by atoms with Crippen molar-refractivity contribution in [3.05, 3.63) is 29.8 Å². The van der Waals surface area contributed by atoms with E-state index in [0.717, 1.165) is 0 Å². The number of hydrogen-bond acceptors (Lipinski definition) is 5. The Morgan fingerprint density at radius 2 is 1.89 bits per heavy atom. The number of carboxylic acids is 1. The van der Waals surface area contributed by atoms with Crippen molar-refractivity contribution < 1.29 is 24.3 Å². The number of ketones is 1. The van der Waals surface area contributed by atoms with Gasteiger partial charge in [0.1, 0.15) is 0 Å². The van der Waals surface area contributed by atoms with Gasteiger partial charge in [-0.15, -0.1) is 0 Å². The molecular weight excluding hydrogens is 252 g/mol. The van der Waals surface area contributed by atoms with Crippen LogP contribution in [0, 0.1) is 0 Å². The van der Waals surface area contributed by atoms with Crippen LogP contribution in [0.2, 0.25) is 0 Å². The number of anilines is 1. The molecule has 1 unspecified atom stereocenters. The molecule has 2 N–H and O–H groups in total. The van der Waals surface area contributed by atoms with Gasteiger partial charge in [-0.1, -0.05) is 12.1 Å². The van der Waals surface area contributed by atoms with Gasteiger partial charge in [-0.05, 0) is 12.1 Å². The first kappa shape index (κ1) is 14.4. The molecule has 19 heavy (non-hydrogen) atoms. The molecule has 7 nitrogen and oxygen atoms in total. The number of rotatable bonds is 8. The number of aliphatic carboxylic acids is 1. The van der Waals surface area contributed by atoms with E-state index in [2.05, 4.69) is 5.32 Å². The maximum absolute atomic E-state index is 11.9. The molecule has 0 aliphatic heterocycles. The van der Waals surface area contributed by atoms with Gasteiger partial charge in [0.2, 0.25) is 12.8 Å². The zero-order valence-corrected chi connectivity index (χ0v) is 9.79. The van der Waals surface area contributed by atoms with Gasteiger partial charge in [-0.25, -0.2) is 0 Å². The second-order valence-corrected chi connectivity index (χ2v) is 3.59. The predicted molar refractivity (Wildman–Crippen MR) is 63.1 cm³/mol. The van der Waals surface area contributed by atoms with Crippen LogP contribution in [0.5, 0.6) is 0 Å². The molecule has 0 saturated heterocycles. The fourth-order valence-electron chi connectivity index (χ4n) is 1.50. The van der Waals surface area contributed by atoms with Crippen LogP contribution in [0.4, 0.5) is 5.69 Å². The van der Waals surface area contributed by atoms with E-state index in [4.69, 9.17) is 0 Å². The number of para-hydroxylation sites is 1. The second kappa shape index (κ2) is 6.90. The van der Waals surface area contributed by atoms with Crippen LogP contribution in [-0.2, 0) is 14.4 Å². The van der Waals surface area contributed by atoms with Gasteiger partial charge in [0.05, 0.1) is 17.7 Å². The number of Topliss-reactive ketones (excluding diaryl/α,β-unsaturated/α-hetero) is 1. The van der Waals surface area contributed by atoms with E-state index in [1.54, 1.807) is 12.1 Å². The minimum Gasteiger partial charge on any atom is -0.548 e. The molecule has 7 heteroatoms. The molecule has 100 valence electrons. The average molecular weight is 263 g/mol. The molecule has 1 rings (SSSR count). The third kappa shape index (κ3) is 3.91. The molecule has 0 radical (unpaired) electrons.